The molecule has 3 unspecified atom stereocenters. The average molecular weight is 223 g/mol. The first-order valence-corrected chi connectivity index (χ1v) is 5.68. The van der Waals surface area contributed by atoms with Gasteiger partial charge in [0.2, 0.25) is 0 Å². The molecule has 1 aliphatic rings. The molecule has 0 heterocycles. The molecule has 0 radical (unpaired) electrons. The Balaban J connectivity index is 2.14. The summed E-state index contributed by atoms with van der Waals surface area (Å²) in [5.41, 5.74) is 1.08. The highest BCUT2D eigenvalue weighted by Crippen LogP contribution is 2.42. The standard InChI is InChI=1S/C13H18FNO/c1-8-10(7-12(8)15-2)9-4-5-13(16-3)11(14)6-9/h4-6,8,10,12,15H,7H2,1-3H3. The molecule has 2 rings (SSSR count). The summed E-state index contributed by atoms with van der Waals surface area (Å²) in [6.45, 7) is 2.21. The zero-order valence-corrected chi connectivity index (χ0v) is 9.96. The van der Waals surface area contributed by atoms with Gasteiger partial charge in [0, 0.05) is 6.04 Å². The summed E-state index contributed by atoms with van der Waals surface area (Å²) >= 11 is 0. The molecule has 0 aromatic heterocycles. The third kappa shape index (κ3) is 1.80. The summed E-state index contributed by atoms with van der Waals surface area (Å²) in [6, 6.07) is 5.85. The Morgan fingerprint density at radius 2 is 2.19 bits per heavy atom. The van der Waals surface area contributed by atoms with Crippen molar-refractivity contribution in [3.8, 4) is 5.75 Å². The Hall–Kier alpha value is -1.09. The van der Waals surface area contributed by atoms with Gasteiger partial charge < -0.3 is 10.1 Å². The molecule has 0 bridgehead atoms. The minimum absolute atomic E-state index is 0.264. The second-order valence-corrected chi connectivity index (χ2v) is 4.49. The molecular weight excluding hydrogens is 205 g/mol. The maximum absolute atomic E-state index is 13.5. The molecule has 1 saturated carbocycles. The summed E-state index contributed by atoms with van der Waals surface area (Å²) < 4.78 is 18.4. The van der Waals surface area contributed by atoms with Gasteiger partial charge in [0.15, 0.2) is 11.6 Å². The number of ether oxygens (including phenoxy) is 1. The Labute approximate surface area is 95.8 Å². The first kappa shape index (κ1) is 11.4. The van der Waals surface area contributed by atoms with E-state index in [1.165, 1.54) is 7.11 Å². The first-order chi connectivity index (χ1) is 7.67. The highest BCUT2D eigenvalue weighted by molar-refractivity contribution is 5.33. The van der Waals surface area contributed by atoms with Gasteiger partial charge in [-0.25, -0.2) is 4.39 Å². The fourth-order valence-electron chi connectivity index (χ4n) is 2.52. The molecule has 0 saturated heterocycles. The average Bonchev–Trinajstić information content (AvgIpc) is 2.28. The minimum Gasteiger partial charge on any atom is -0.494 e. The van der Waals surface area contributed by atoms with Crippen molar-refractivity contribution in [1.29, 1.82) is 0 Å². The zero-order chi connectivity index (χ0) is 11.7. The molecule has 0 amide bonds. The highest BCUT2D eigenvalue weighted by atomic mass is 19.1. The Kier molecular flexibility index (Phi) is 3.15. The van der Waals surface area contributed by atoms with E-state index in [9.17, 15) is 4.39 Å². The molecule has 1 N–H and O–H groups in total. The van der Waals surface area contributed by atoms with Crippen molar-refractivity contribution >= 4 is 0 Å². The van der Waals surface area contributed by atoms with E-state index in [2.05, 4.69) is 12.2 Å². The van der Waals surface area contributed by atoms with Gasteiger partial charge in [0.25, 0.3) is 0 Å². The van der Waals surface area contributed by atoms with Gasteiger partial charge in [-0.1, -0.05) is 13.0 Å². The van der Waals surface area contributed by atoms with Crippen LogP contribution >= 0.6 is 0 Å². The van der Waals surface area contributed by atoms with Crippen LogP contribution < -0.4 is 10.1 Å². The second-order valence-electron chi connectivity index (χ2n) is 4.49. The largest absolute Gasteiger partial charge is 0.494 e. The van der Waals surface area contributed by atoms with E-state index < -0.39 is 0 Å². The van der Waals surface area contributed by atoms with Gasteiger partial charge in [-0.3, -0.25) is 0 Å². The van der Waals surface area contributed by atoms with E-state index in [-0.39, 0.29) is 5.82 Å². The smallest absolute Gasteiger partial charge is 0.165 e. The van der Waals surface area contributed by atoms with Crippen LogP contribution in [0.2, 0.25) is 0 Å². The van der Waals surface area contributed by atoms with Gasteiger partial charge >= 0.3 is 0 Å². The lowest BCUT2D eigenvalue weighted by atomic mass is 9.67. The van der Waals surface area contributed by atoms with Gasteiger partial charge in [0.05, 0.1) is 7.11 Å². The van der Waals surface area contributed by atoms with Crippen LogP contribution in [0.3, 0.4) is 0 Å². The maximum atomic E-state index is 13.5. The first-order valence-electron chi connectivity index (χ1n) is 5.68. The quantitative estimate of drug-likeness (QED) is 0.850. The number of hydrogen-bond donors (Lipinski definition) is 1. The van der Waals surface area contributed by atoms with Crippen molar-refractivity contribution < 1.29 is 9.13 Å². The minimum atomic E-state index is -0.264. The third-order valence-corrected chi connectivity index (χ3v) is 3.75. The molecule has 16 heavy (non-hydrogen) atoms. The Morgan fingerprint density at radius 3 is 2.69 bits per heavy atom. The van der Waals surface area contributed by atoms with Crippen LogP contribution in [0.1, 0.15) is 24.8 Å². The van der Waals surface area contributed by atoms with E-state index in [1.807, 2.05) is 13.1 Å². The van der Waals surface area contributed by atoms with E-state index in [4.69, 9.17) is 4.74 Å². The fourth-order valence-corrected chi connectivity index (χ4v) is 2.52. The summed E-state index contributed by atoms with van der Waals surface area (Å²) in [4.78, 5) is 0. The van der Waals surface area contributed by atoms with E-state index >= 15 is 0 Å². The van der Waals surface area contributed by atoms with Gasteiger partial charge in [-0.2, -0.15) is 0 Å². The number of rotatable bonds is 3. The number of nitrogens with one attached hydrogen (secondary N) is 1. The third-order valence-electron chi connectivity index (χ3n) is 3.75. The maximum Gasteiger partial charge on any atom is 0.165 e. The summed E-state index contributed by atoms with van der Waals surface area (Å²) in [5.74, 6) is 1.09. The summed E-state index contributed by atoms with van der Waals surface area (Å²) in [5, 5.41) is 3.27. The molecule has 1 aromatic rings. The summed E-state index contributed by atoms with van der Waals surface area (Å²) in [7, 11) is 3.47. The van der Waals surface area contributed by atoms with Crippen LogP contribution in [0.4, 0.5) is 4.39 Å². The Morgan fingerprint density at radius 1 is 1.44 bits per heavy atom. The molecule has 0 spiro atoms. The molecule has 88 valence electrons. The van der Waals surface area contributed by atoms with Crippen molar-refractivity contribution in [1.82, 2.24) is 5.32 Å². The van der Waals surface area contributed by atoms with Crippen LogP contribution in [0, 0.1) is 11.7 Å². The molecule has 1 aliphatic carbocycles. The predicted octanol–water partition coefficient (Wildman–Crippen LogP) is 2.55. The SMILES string of the molecule is CNC1CC(c2ccc(OC)c(F)c2)C1C. The molecular formula is C13H18FNO. The number of hydrogen-bond acceptors (Lipinski definition) is 2. The van der Waals surface area contributed by atoms with Crippen molar-refractivity contribution in [2.45, 2.75) is 25.3 Å². The number of methoxy groups -OCH3 is 1. The van der Waals surface area contributed by atoms with Crippen LogP contribution in [0.15, 0.2) is 18.2 Å². The zero-order valence-electron chi connectivity index (χ0n) is 9.96. The lowest BCUT2D eigenvalue weighted by Crippen LogP contribution is -2.46. The molecule has 2 nitrogen and oxygen atoms in total. The van der Waals surface area contributed by atoms with E-state index in [0.29, 0.717) is 23.6 Å². The number of benzene rings is 1. The normalized spacial score (nSPS) is 28.6. The molecule has 0 aliphatic heterocycles. The Bertz CT molecular complexity index is 380. The van der Waals surface area contributed by atoms with Crippen molar-refractivity contribution in [2.75, 3.05) is 14.2 Å². The molecule has 1 aromatic carbocycles. The predicted molar refractivity (Wildman–Crippen MR) is 62.3 cm³/mol. The van der Waals surface area contributed by atoms with Crippen LogP contribution in [-0.4, -0.2) is 20.2 Å². The topological polar surface area (TPSA) is 21.3 Å². The van der Waals surface area contributed by atoms with Crippen molar-refractivity contribution in [3.05, 3.63) is 29.6 Å². The van der Waals surface area contributed by atoms with E-state index in [1.54, 1.807) is 12.1 Å². The second kappa shape index (κ2) is 4.42. The molecule has 3 heteroatoms. The van der Waals surface area contributed by atoms with Crippen molar-refractivity contribution in [2.24, 2.45) is 5.92 Å². The lowest BCUT2D eigenvalue weighted by molar-refractivity contribution is 0.194. The van der Waals surface area contributed by atoms with Crippen LogP contribution in [0.5, 0.6) is 5.75 Å². The van der Waals surface area contributed by atoms with Gasteiger partial charge in [-0.15, -0.1) is 0 Å². The fraction of sp³-hybridized carbons (Fsp3) is 0.538. The van der Waals surface area contributed by atoms with Crippen LogP contribution in [-0.2, 0) is 0 Å². The van der Waals surface area contributed by atoms with Gasteiger partial charge in [0.1, 0.15) is 0 Å². The van der Waals surface area contributed by atoms with Crippen molar-refractivity contribution in [3.63, 3.8) is 0 Å². The van der Waals surface area contributed by atoms with Crippen LogP contribution in [0.25, 0.3) is 0 Å². The van der Waals surface area contributed by atoms with Gasteiger partial charge in [-0.05, 0) is 43.0 Å². The summed E-state index contributed by atoms with van der Waals surface area (Å²) in [6.07, 6.45) is 1.09. The van der Waals surface area contributed by atoms with E-state index in [0.717, 1.165) is 12.0 Å². The lowest BCUT2D eigenvalue weighted by Gasteiger charge is -2.43. The molecule has 1 fully saturated rings. The number of halogens is 1. The molecule has 3 atom stereocenters. The highest BCUT2D eigenvalue weighted by Gasteiger charge is 2.37. The monoisotopic (exact) mass is 223 g/mol.